The fraction of sp³-hybridized carbons (Fsp3) is 0.273. The fourth-order valence-electron chi connectivity index (χ4n) is 1.29. The highest BCUT2D eigenvalue weighted by atomic mass is 16.5. The van der Waals surface area contributed by atoms with E-state index >= 15 is 0 Å². The third-order valence-corrected chi connectivity index (χ3v) is 2.29. The van der Waals surface area contributed by atoms with Crippen LogP contribution in [-0.2, 0) is 9.53 Å². The lowest BCUT2D eigenvalue weighted by Crippen LogP contribution is -2.35. The molecular weight excluding hydrogens is 240 g/mol. The molecule has 1 rings (SSSR count). The number of carboxylic acid groups (broad SMARTS) is 1. The van der Waals surface area contributed by atoms with Gasteiger partial charge in [-0.3, -0.25) is 4.79 Å². The SMILES string of the molecule is COC(CN)C(=O)Nc1cc(C(=O)O)ccc1O. The predicted octanol–water partition coefficient (Wildman–Crippen LogP) is 0.00260. The molecule has 0 radical (unpaired) electrons. The number of amides is 1. The van der Waals surface area contributed by atoms with Gasteiger partial charge in [-0.2, -0.15) is 0 Å². The number of ether oxygens (including phenoxy) is 1. The smallest absolute Gasteiger partial charge is 0.335 e. The molecule has 0 aliphatic heterocycles. The number of carbonyl (C=O) groups excluding carboxylic acids is 1. The van der Waals surface area contributed by atoms with E-state index in [1.54, 1.807) is 0 Å². The third-order valence-electron chi connectivity index (χ3n) is 2.29. The van der Waals surface area contributed by atoms with Crippen molar-refractivity contribution in [1.82, 2.24) is 0 Å². The number of anilines is 1. The van der Waals surface area contributed by atoms with E-state index in [1.807, 2.05) is 0 Å². The Balaban J connectivity index is 2.93. The van der Waals surface area contributed by atoms with Gasteiger partial charge in [0, 0.05) is 13.7 Å². The maximum Gasteiger partial charge on any atom is 0.335 e. The first-order chi connectivity index (χ1) is 8.49. The normalized spacial score (nSPS) is 11.9. The van der Waals surface area contributed by atoms with E-state index in [-0.39, 0.29) is 23.5 Å². The number of rotatable bonds is 5. The monoisotopic (exact) mass is 254 g/mol. The molecule has 0 fully saturated rings. The summed E-state index contributed by atoms with van der Waals surface area (Å²) in [6.07, 6.45) is -0.863. The van der Waals surface area contributed by atoms with Crippen molar-refractivity contribution in [1.29, 1.82) is 0 Å². The van der Waals surface area contributed by atoms with Crippen LogP contribution in [0.15, 0.2) is 18.2 Å². The van der Waals surface area contributed by atoms with Gasteiger partial charge in [0.25, 0.3) is 5.91 Å². The molecule has 0 saturated heterocycles. The highest BCUT2D eigenvalue weighted by Gasteiger charge is 2.18. The quantitative estimate of drug-likeness (QED) is 0.549. The Bertz CT molecular complexity index is 457. The second kappa shape index (κ2) is 5.99. The van der Waals surface area contributed by atoms with Gasteiger partial charge in [0.15, 0.2) is 0 Å². The number of hydrogen-bond donors (Lipinski definition) is 4. The van der Waals surface area contributed by atoms with Crippen molar-refractivity contribution in [3.8, 4) is 5.75 Å². The average molecular weight is 254 g/mol. The molecule has 1 unspecified atom stereocenters. The van der Waals surface area contributed by atoms with Crippen LogP contribution in [0.5, 0.6) is 5.75 Å². The van der Waals surface area contributed by atoms with Crippen LogP contribution in [0.4, 0.5) is 5.69 Å². The van der Waals surface area contributed by atoms with E-state index in [0.717, 1.165) is 6.07 Å². The minimum atomic E-state index is -1.16. The molecule has 0 aliphatic rings. The van der Waals surface area contributed by atoms with Crippen molar-refractivity contribution in [2.45, 2.75) is 6.10 Å². The number of aromatic carboxylic acids is 1. The number of carboxylic acids is 1. The first-order valence-corrected chi connectivity index (χ1v) is 5.09. The molecule has 5 N–H and O–H groups in total. The molecule has 0 saturated carbocycles. The number of methoxy groups -OCH3 is 1. The van der Waals surface area contributed by atoms with Gasteiger partial charge in [-0.15, -0.1) is 0 Å². The van der Waals surface area contributed by atoms with Gasteiger partial charge in [-0.05, 0) is 18.2 Å². The lowest BCUT2D eigenvalue weighted by Gasteiger charge is -2.14. The van der Waals surface area contributed by atoms with E-state index in [2.05, 4.69) is 5.32 Å². The molecule has 0 heterocycles. The number of phenolic OH excluding ortho intramolecular Hbond substituents is 1. The zero-order valence-electron chi connectivity index (χ0n) is 9.71. The van der Waals surface area contributed by atoms with E-state index in [4.69, 9.17) is 15.6 Å². The van der Waals surface area contributed by atoms with Crippen LogP contribution in [0.2, 0.25) is 0 Å². The molecule has 0 aromatic heterocycles. The number of nitrogens with one attached hydrogen (secondary N) is 1. The Hall–Kier alpha value is -2.12. The van der Waals surface area contributed by atoms with Crippen molar-refractivity contribution in [2.24, 2.45) is 5.73 Å². The number of carbonyl (C=O) groups is 2. The molecule has 1 aromatic carbocycles. The van der Waals surface area contributed by atoms with E-state index in [1.165, 1.54) is 19.2 Å². The molecule has 0 bridgehead atoms. The van der Waals surface area contributed by atoms with Gasteiger partial charge in [0.2, 0.25) is 0 Å². The minimum Gasteiger partial charge on any atom is -0.506 e. The van der Waals surface area contributed by atoms with Gasteiger partial charge in [-0.25, -0.2) is 4.79 Å². The molecule has 7 nitrogen and oxygen atoms in total. The number of hydrogen-bond acceptors (Lipinski definition) is 5. The second-order valence-electron chi connectivity index (χ2n) is 3.49. The minimum absolute atomic E-state index is 0.00426. The van der Waals surface area contributed by atoms with Crippen LogP contribution in [0.25, 0.3) is 0 Å². The fourth-order valence-corrected chi connectivity index (χ4v) is 1.29. The summed E-state index contributed by atoms with van der Waals surface area (Å²) in [5.74, 6) is -1.95. The molecule has 1 atom stereocenters. The second-order valence-corrected chi connectivity index (χ2v) is 3.49. The summed E-state index contributed by atoms with van der Waals surface area (Å²) in [7, 11) is 1.32. The topological polar surface area (TPSA) is 122 Å². The molecular formula is C11H14N2O5. The van der Waals surface area contributed by atoms with Crippen LogP contribution < -0.4 is 11.1 Å². The Labute approximate surface area is 103 Å². The molecule has 1 amide bonds. The Morgan fingerprint density at radius 2 is 2.17 bits per heavy atom. The van der Waals surface area contributed by atoms with Crippen molar-refractivity contribution in [3.05, 3.63) is 23.8 Å². The van der Waals surface area contributed by atoms with E-state index < -0.39 is 18.0 Å². The van der Waals surface area contributed by atoms with Crippen LogP contribution in [0, 0.1) is 0 Å². The van der Waals surface area contributed by atoms with Crippen LogP contribution in [0.1, 0.15) is 10.4 Å². The van der Waals surface area contributed by atoms with Crippen molar-refractivity contribution < 1.29 is 24.5 Å². The van der Waals surface area contributed by atoms with Gasteiger partial charge >= 0.3 is 5.97 Å². The maximum atomic E-state index is 11.6. The van der Waals surface area contributed by atoms with E-state index in [9.17, 15) is 14.7 Å². The highest BCUT2D eigenvalue weighted by molar-refractivity contribution is 5.97. The van der Waals surface area contributed by atoms with Gasteiger partial charge < -0.3 is 26.0 Å². The van der Waals surface area contributed by atoms with E-state index in [0.29, 0.717) is 0 Å². The standard InChI is InChI=1S/C11H14N2O5/c1-18-9(5-12)10(15)13-7-4-6(11(16)17)2-3-8(7)14/h2-4,9,14H,5,12H2,1H3,(H,13,15)(H,16,17). The summed E-state index contributed by atoms with van der Waals surface area (Å²) in [5.41, 5.74) is 5.26. The van der Waals surface area contributed by atoms with Crippen molar-refractivity contribution in [2.75, 3.05) is 19.0 Å². The molecule has 0 spiro atoms. The van der Waals surface area contributed by atoms with Crippen molar-refractivity contribution in [3.63, 3.8) is 0 Å². The van der Waals surface area contributed by atoms with Gasteiger partial charge in [0.05, 0.1) is 11.3 Å². The molecule has 0 aliphatic carbocycles. The lowest BCUT2D eigenvalue weighted by atomic mass is 10.2. The average Bonchev–Trinajstić information content (AvgIpc) is 2.33. The summed E-state index contributed by atoms with van der Waals surface area (Å²) in [4.78, 5) is 22.4. The summed E-state index contributed by atoms with van der Waals surface area (Å²) in [5, 5.41) is 20.7. The summed E-state index contributed by atoms with van der Waals surface area (Å²) < 4.78 is 4.82. The Morgan fingerprint density at radius 1 is 1.50 bits per heavy atom. The molecule has 18 heavy (non-hydrogen) atoms. The van der Waals surface area contributed by atoms with Crippen molar-refractivity contribution >= 4 is 17.6 Å². The largest absolute Gasteiger partial charge is 0.506 e. The van der Waals surface area contributed by atoms with Crippen LogP contribution in [-0.4, -0.2) is 41.8 Å². The zero-order chi connectivity index (χ0) is 13.7. The maximum absolute atomic E-state index is 11.6. The molecule has 1 aromatic rings. The molecule has 98 valence electrons. The lowest BCUT2D eigenvalue weighted by molar-refractivity contribution is -0.125. The number of aromatic hydroxyl groups is 1. The molecule has 7 heteroatoms. The van der Waals surface area contributed by atoms with Crippen LogP contribution in [0.3, 0.4) is 0 Å². The first kappa shape index (κ1) is 13.9. The Kier molecular flexibility index (Phi) is 4.64. The summed E-state index contributed by atoms with van der Waals surface area (Å²) >= 11 is 0. The summed E-state index contributed by atoms with van der Waals surface area (Å²) in [6.45, 7) is -0.0261. The first-order valence-electron chi connectivity index (χ1n) is 5.09. The van der Waals surface area contributed by atoms with Crippen LogP contribution >= 0.6 is 0 Å². The van der Waals surface area contributed by atoms with Gasteiger partial charge in [0.1, 0.15) is 11.9 Å². The number of phenols is 1. The Morgan fingerprint density at radius 3 is 2.67 bits per heavy atom. The highest BCUT2D eigenvalue weighted by Crippen LogP contribution is 2.24. The number of benzene rings is 1. The predicted molar refractivity (Wildman–Crippen MR) is 63.5 cm³/mol. The zero-order valence-corrected chi connectivity index (χ0v) is 9.71. The number of nitrogens with two attached hydrogens (primary N) is 1. The summed E-state index contributed by atoms with van der Waals surface area (Å²) in [6, 6.07) is 3.56. The third kappa shape index (κ3) is 3.19. The van der Waals surface area contributed by atoms with Gasteiger partial charge in [-0.1, -0.05) is 0 Å².